The Balaban J connectivity index is 1.98. The molecule has 0 aliphatic heterocycles. The van der Waals surface area contributed by atoms with Crippen LogP contribution >= 0.6 is 0 Å². The normalized spacial score (nSPS) is 48.1. The summed E-state index contributed by atoms with van der Waals surface area (Å²) < 4.78 is 5.22. The Morgan fingerprint density at radius 1 is 1.15 bits per heavy atom. The fourth-order valence-corrected chi connectivity index (χ4v) is 6.76. The monoisotopic (exact) mass is 376 g/mol. The first kappa shape index (κ1) is 18.8. The van der Waals surface area contributed by atoms with E-state index in [1.807, 2.05) is 27.7 Å². The van der Waals surface area contributed by atoms with E-state index in [1.54, 1.807) is 0 Å². The first-order chi connectivity index (χ1) is 12.5. The number of aliphatic hydroxyl groups excluding tert-OH is 2. The van der Waals surface area contributed by atoms with Gasteiger partial charge in [-0.25, -0.2) is 0 Å². The number of ketones is 2. The van der Waals surface area contributed by atoms with Gasteiger partial charge in [0, 0.05) is 22.5 Å². The number of hydrogen-bond acceptors (Lipinski definition) is 6. The van der Waals surface area contributed by atoms with Crippen molar-refractivity contribution in [2.24, 2.45) is 28.1 Å². The molecular formula is C21H28O6. The minimum absolute atomic E-state index is 0.111. The molecule has 0 aromatic heterocycles. The number of carbonyl (C=O) groups excluding carboxylic acids is 3. The maximum Gasteiger partial charge on any atom is 0.293 e. The lowest BCUT2D eigenvalue weighted by Crippen LogP contribution is -2.63. The molecule has 4 rings (SSSR count). The molecule has 4 aliphatic carbocycles. The second-order valence-corrected chi connectivity index (χ2v) is 9.91. The average Bonchev–Trinajstić information content (AvgIpc) is 3.25. The van der Waals surface area contributed by atoms with E-state index in [-0.39, 0.29) is 35.1 Å². The van der Waals surface area contributed by atoms with Gasteiger partial charge in [-0.1, -0.05) is 34.1 Å². The van der Waals surface area contributed by atoms with Gasteiger partial charge < -0.3 is 14.9 Å². The van der Waals surface area contributed by atoms with Gasteiger partial charge in [-0.15, -0.1) is 0 Å². The molecule has 0 heterocycles. The standard InChI is InChI=1S/C21H28O6/c1-10-8-21(10)17(25)11-12(13(23)18(21)26)20(4)7-5-6-19(2,3)16(20)14(24)15(11)27-9-22/h9-10,14-16,18,24,26H,5-8H2,1-4H3. The largest absolute Gasteiger partial charge is 0.457 e. The SMILES string of the molecule is CC1CC12C(=O)C1=C(C(=O)C2O)C2(C)CCCC(C)(C)C2C(O)C1OC=O. The molecule has 7 atom stereocenters. The van der Waals surface area contributed by atoms with E-state index in [0.717, 1.165) is 12.8 Å². The van der Waals surface area contributed by atoms with Crippen molar-refractivity contribution in [3.63, 3.8) is 0 Å². The predicted octanol–water partition coefficient (Wildman–Crippen LogP) is 1.57. The summed E-state index contributed by atoms with van der Waals surface area (Å²) in [5.74, 6) is -1.21. The number of hydrogen-bond donors (Lipinski definition) is 2. The second-order valence-electron chi connectivity index (χ2n) is 9.91. The molecule has 1 spiro atoms. The lowest BCUT2D eigenvalue weighted by molar-refractivity contribution is -0.164. The van der Waals surface area contributed by atoms with Gasteiger partial charge in [0.25, 0.3) is 6.47 Å². The molecule has 6 heteroatoms. The summed E-state index contributed by atoms with van der Waals surface area (Å²) in [5.41, 5.74) is -1.73. The van der Waals surface area contributed by atoms with Gasteiger partial charge >= 0.3 is 0 Å². The minimum Gasteiger partial charge on any atom is -0.457 e. The minimum atomic E-state index is -1.35. The molecule has 2 N–H and O–H groups in total. The molecule has 0 aromatic rings. The zero-order valence-electron chi connectivity index (χ0n) is 16.3. The van der Waals surface area contributed by atoms with E-state index < -0.39 is 34.9 Å². The maximum atomic E-state index is 13.4. The van der Waals surface area contributed by atoms with Crippen molar-refractivity contribution in [2.45, 2.75) is 71.7 Å². The van der Waals surface area contributed by atoms with Crippen LogP contribution < -0.4 is 0 Å². The third-order valence-corrected chi connectivity index (χ3v) is 8.04. The molecule has 0 aromatic carbocycles. The summed E-state index contributed by atoms with van der Waals surface area (Å²) in [6, 6.07) is 0. The predicted molar refractivity (Wildman–Crippen MR) is 95.4 cm³/mol. The van der Waals surface area contributed by atoms with Crippen LogP contribution in [0, 0.1) is 28.1 Å². The van der Waals surface area contributed by atoms with Gasteiger partial charge in [0.05, 0.1) is 11.5 Å². The molecule has 0 radical (unpaired) electrons. The fraction of sp³-hybridized carbons (Fsp3) is 0.762. The van der Waals surface area contributed by atoms with Crippen LogP contribution in [0.4, 0.5) is 0 Å². The number of rotatable bonds is 2. The second kappa shape index (κ2) is 5.51. The molecule has 2 saturated carbocycles. The van der Waals surface area contributed by atoms with Crippen LogP contribution in [-0.4, -0.2) is 46.6 Å². The lowest BCUT2D eigenvalue weighted by Gasteiger charge is -2.58. The topological polar surface area (TPSA) is 101 Å². The Hall–Kier alpha value is -1.53. The number of aliphatic hydroxyl groups is 2. The summed E-state index contributed by atoms with van der Waals surface area (Å²) >= 11 is 0. The molecule has 7 unspecified atom stereocenters. The number of carbonyl (C=O) groups is 3. The van der Waals surface area contributed by atoms with Gasteiger partial charge in [-0.3, -0.25) is 14.4 Å². The molecular weight excluding hydrogens is 348 g/mol. The van der Waals surface area contributed by atoms with Gasteiger partial charge in [-0.2, -0.15) is 0 Å². The van der Waals surface area contributed by atoms with Crippen LogP contribution in [0.5, 0.6) is 0 Å². The van der Waals surface area contributed by atoms with Gasteiger partial charge in [-0.05, 0) is 30.6 Å². The van der Waals surface area contributed by atoms with Crippen LogP contribution in [0.15, 0.2) is 11.1 Å². The van der Waals surface area contributed by atoms with Crippen molar-refractivity contribution in [3.8, 4) is 0 Å². The molecule has 27 heavy (non-hydrogen) atoms. The van der Waals surface area contributed by atoms with E-state index in [4.69, 9.17) is 4.74 Å². The van der Waals surface area contributed by atoms with Crippen molar-refractivity contribution < 1.29 is 29.3 Å². The Morgan fingerprint density at radius 3 is 2.33 bits per heavy atom. The van der Waals surface area contributed by atoms with Gasteiger partial charge in [0.2, 0.25) is 0 Å². The highest BCUT2D eigenvalue weighted by atomic mass is 16.5. The number of fused-ring (bicyclic) bond motifs is 2. The van der Waals surface area contributed by atoms with Crippen molar-refractivity contribution in [2.75, 3.05) is 0 Å². The summed E-state index contributed by atoms with van der Waals surface area (Å²) in [5, 5.41) is 22.0. The highest BCUT2D eigenvalue weighted by Gasteiger charge is 2.72. The zero-order chi connectivity index (χ0) is 19.9. The molecule has 148 valence electrons. The van der Waals surface area contributed by atoms with Gasteiger partial charge in [0.15, 0.2) is 17.7 Å². The quantitative estimate of drug-likeness (QED) is 0.710. The van der Waals surface area contributed by atoms with Crippen molar-refractivity contribution in [3.05, 3.63) is 11.1 Å². The molecule has 6 nitrogen and oxygen atoms in total. The molecule has 0 bridgehead atoms. The van der Waals surface area contributed by atoms with E-state index in [1.165, 1.54) is 0 Å². The molecule has 0 amide bonds. The first-order valence-electron chi connectivity index (χ1n) is 9.83. The number of Topliss-reactive ketones (excluding diaryl/α,β-unsaturated/α-hetero) is 2. The first-order valence-corrected chi connectivity index (χ1v) is 9.83. The summed E-state index contributed by atoms with van der Waals surface area (Å²) in [4.78, 5) is 38.0. The lowest BCUT2D eigenvalue weighted by atomic mass is 9.46. The van der Waals surface area contributed by atoms with Crippen molar-refractivity contribution in [1.29, 1.82) is 0 Å². The molecule has 2 fully saturated rings. The summed E-state index contributed by atoms with van der Waals surface area (Å²) in [6.45, 7) is 8.07. The summed E-state index contributed by atoms with van der Waals surface area (Å²) in [6.07, 6.45) is -0.749. The van der Waals surface area contributed by atoms with E-state index >= 15 is 0 Å². The summed E-state index contributed by atoms with van der Waals surface area (Å²) in [7, 11) is 0. The Bertz CT molecular complexity index is 767. The smallest absolute Gasteiger partial charge is 0.293 e. The third kappa shape index (κ3) is 2.11. The van der Waals surface area contributed by atoms with Crippen LogP contribution in [-0.2, 0) is 19.1 Å². The van der Waals surface area contributed by atoms with Gasteiger partial charge in [0.1, 0.15) is 6.10 Å². The van der Waals surface area contributed by atoms with Crippen molar-refractivity contribution >= 4 is 18.0 Å². The van der Waals surface area contributed by atoms with E-state index in [2.05, 4.69) is 0 Å². The highest BCUT2D eigenvalue weighted by Crippen LogP contribution is 2.66. The average molecular weight is 376 g/mol. The maximum absolute atomic E-state index is 13.4. The van der Waals surface area contributed by atoms with Crippen LogP contribution in [0.3, 0.4) is 0 Å². The molecule has 0 saturated heterocycles. The highest BCUT2D eigenvalue weighted by molar-refractivity contribution is 6.19. The van der Waals surface area contributed by atoms with Crippen LogP contribution in [0.25, 0.3) is 0 Å². The van der Waals surface area contributed by atoms with E-state index in [0.29, 0.717) is 18.4 Å². The fourth-order valence-electron chi connectivity index (χ4n) is 6.76. The van der Waals surface area contributed by atoms with E-state index in [9.17, 15) is 24.6 Å². The third-order valence-electron chi connectivity index (χ3n) is 8.04. The Kier molecular flexibility index (Phi) is 3.84. The van der Waals surface area contributed by atoms with Crippen LogP contribution in [0.2, 0.25) is 0 Å². The Morgan fingerprint density at radius 2 is 1.78 bits per heavy atom. The van der Waals surface area contributed by atoms with Crippen LogP contribution in [0.1, 0.15) is 53.4 Å². The molecule has 4 aliphatic rings. The number of ether oxygens (including phenoxy) is 1. The Labute approximate surface area is 159 Å². The van der Waals surface area contributed by atoms with Crippen molar-refractivity contribution in [1.82, 2.24) is 0 Å². The zero-order valence-corrected chi connectivity index (χ0v) is 16.3.